The molecule has 0 unspecified atom stereocenters. The summed E-state index contributed by atoms with van der Waals surface area (Å²) in [6.45, 7) is 1.53. The highest BCUT2D eigenvalue weighted by molar-refractivity contribution is 7.97. The number of amides is 1. The van der Waals surface area contributed by atoms with Gasteiger partial charge in [-0.25, -0.2) is 8.42 Å². The number of nitrogens with one attached hydrogen (secondary N) is 1. The molecule has 2 aliphatic rings. The van der Waals surface area contributed by atoms with E-state index in [9.17, 15) is 13.2 Å². The zero-order chi connectivity index (χ0) is 18.9. The normalized spacial score (nSPS) is 18.7. The topological polar surface area (TPSA) is 66.5 Å². The van der Waals surface area contributed by atoms with Crippen molar-refractivity contribution in [2.75, 3.05) is 18.4 Å². The van der Waals surface area contributed by atoms with Gasteiger partial charge in [-0.2, -0.15) is 0 Å². The number of likely N-dealkylation sites (tertiary alicyclic amines) is 1. The third-order valence-corrected chi connectivity index (χ3v) is 6.93. The van der Waals surface area contributed by atoms with Crippen LogP contribution >= 0.6 is 0 Å². The van der Waals surface area contributed by atoms with Crippen LogP contribution in [0.5, 0.6) is 0 Å². The SMILES string of the molecule is O=C(Nc1ccccc1)C1=C(N2CCCCCC2)c2ccccc2S1(=O)=O. The summed E-state index contributed by atoms with van der Waals surface area (Å²) in [6.07, 6.45) is 4.26. The maximum absolute atomic E-state index is 13.2. The number of carbonyl (C=O) groups excluding carboxylic acids is 1. The molecule has 4 rings (SSSR count). The van der Waals surface area contributed by atoms with Crippen molar-refractivity contribution in [1.82, 2.24) is 4.90 Å². The van der Waals surface area contributed by atoms with Gasteiger partial charge in [0.2, 0.25) is 9.84 Å². The second-order valence-corrected chi connectivity index (χ2v) is 8.75. The van der Waals surface area contributed by atoms with E-state index in [4.69, 9.17) is 0 Å². The van der Waals surface area contributed by atoms with E-state index in [2.05, 4.69) is 10.2 Å². The number of benzene rings is 2. The van der Waals surface area contributed by atoms with Gasteiger partial charge >= 0.3 is 0 Å². The minimum absolute atomic E-state index is 0.130. The van der Waals surface area contributed by atoms with Gasteiger partial charge in [0.25, 0.3) is 5.91 Å². The zero-order valence-electron chi connectivity index (χ0n) is 15.0. The fraction of sp³-hybridized carbons (Fsp3) is 0.286. The lowest BCUT2D eigenvalue weighted by atomic mass is 10.1. The number of anilines is 1. The van der Waals surface area contributed by atoms with Crippen molar-refractivity contribution in [3.8, 4) is 0 Å². The maximum atomic E-state index is 13.2. The van der Waals surface area contributed by atoms with E-state index in [0.717, 1.165) is 38.8 Å². The molecule has 1 N–H and O–H groups in total. The van der Waals surface area contributed by atoms with Gasteiger partial charge in [0.15, 0.2) is 4.91 Å². The van der Waals surface area contributed by atoms with Crippen molar-refractivity contribution in [2.24, 2.45) is 0 Å². The van der Waals surface area contributed by atoms with E-state index in [0.29, 0.717) is 16.9 Å². The van der Waals surface area contributed by atoms with Crippen LogP contribution < -0.4 is 5.32 Å². The molecule has 2 aromatic carbocycles. The quantitative estimate of drug-likeness (QED) is 0.880. The number of nitrogens with zero attached hydrogens (tertiary/aromatic N) is 1. The van der Waals surface area contributed by atoms with Crippen LogP contribution in [0.2, 0.25) is 0 Å². The Morgan fingerprint density at radius 1 is 0.852 bits per heavy atom. The Morgan fingerprint density at radius 3 is 2.19 bits per heavy atom. The molecule has 2 aromatic rings. The average molecular weight is 382 g/mol. The van der Waals surface area contributed by atoms with Crippen molar-refractivity contribution in [3.63, 3.8) is 0 Å². The van der Waals surface area contributed by atoms with Gasteiger partial charge in [-0.15, -0.1) is 0 Å². The van der Waals surface area contributed by atoms with Crippen LogP contribution in [-0.4, -0.2) is 32.3 Å². The molecule has 6 heteroatoms. The molecule has 140 valence electrons. The summed E-state index contributed by atoms with van der Waals surface area (Å²) in [4.78, 5) is 15.2. The van der Waals surface area contributed by atoms with Crippen LogP contribution in [0.25, 0.3) is 5.70 Å². The molecule has 0 radical (unpaired) electrons. The number of hydrogen-bond acceptors (Lipinski definition) is 4. The van der Waals surface area contributed by atoms with E-state index in [1.54, 1.807) is 42.5 Å². The number of carbonyl (C=O) groups is 1. The minimum Gasteiger partial charge on any atom is -0.370 e. The molecule has 0 aromatic heterocycles. The van der Waals surface area contributed by atoms with E-state index in [1.807, 2.05) is 12.1 Å². The highest BCUT2D eigenvalue weighted by Gasteiger charge is 2.41. The number of fused-ring (bicyclic) bond motifs is 1. The van der Waals surface area contributed by atoms with E-state index in [-0.39, 0.29) is 9.80 Å². The molecule has 1 amide bonds. The van der Waals surface area contributed by atoms with Crippen LogP contribution in [0, 0.1) is 0 Å². The van der Waals surface area contributed by atoms with E-state index in [1.165, 1.54) is 0 Å². The van der Waals surface area contributed by atoms with Crippen molar-refractivity contribution < 1.29 is 13.2 Å². The first-order chi connectivity index (χ1) is 13.1. The molecule has 5 nitrogen and oxygen atoms in total. The van der Waals surface area contributed by atoms with Crippen molar-refractivity contribution >= 4 is 27.1 Å². The van der Waals surface area contributed by atoms with Gasteiger partial charge < -0.3 is 10.2 Å². The molecule has 0 saturated carbocycles. The summed E-state index contributed by atoms with van der Waals surface area (Å²) < 4.78 is 26.4. The molecule has 1 fully saturated rings. The Balaban J connectivity index is 1.82. The second-order valence-electron chi connectivity index (χ2n) is 6.90. The zero-order valence-corrected chi connectivity index (χ0v) is 15.8. The van der Waals surface area contributed by atoms with E-state index >= 15 is 0 Å². The van der Waals surface area contributed by atoms with E-state index < -0.39 is 15.7 Å². The van der Waals surface area contributed by atoms with Crippen LogP contribution in [0.15, 0.2) is 64.4 Å². The Morgan fingerprint density at radius 2 is 1.48 bits per heavy atom. The summed E-state index contributed by atoms with van der Waals surface area (Å²) in [6, 6.07) is 15.9. The van der Waals surface area contributed by atoms with Crippen molar-refractivity contribution in [3.05, 3.63) is 65.1 Å². The molecular formula is C21H22N2O3S. The number of hydrogen-bond donors (Lipinski definition) is 1. The Kier molecular flexibility index (Phi) is 4.74. The first-order valence-electron chi connectivity index (χ1n) is 9.29. The predicted octanol–water partition coefficient (Wildman–Crippen LogP) is 3.66. The molecule has 1 saturated heterocycles. The highest BCUT2D eigenvalue weighted by atomic mass is 32.2. The summed E-state index contributed by atoms with van der Waals surface area (Å²) in [5, 5.41) is 2.76. The van der Waals surface area contributed by atoms with Crippen LogP contribution in [0.4, 0.5) is 5.69 Å². The van der Waals surface area contributed by atoms with Crippen molar-refractivity contribution in [1.29, 1.82) is 0 Å². The molecule has 0 atom stereocenters. The van der Waals surface area contributed by atoms with Crippen molar-refractivity contribution in [2.45, 2.75) is 30.6 Å². The van der Waals surface area contributed by atoms with Gasteiger partial charge in [0, 0.05) is 24.3 Å². The lowest BCUT2D eigenvalue weighted by Gasteiger charge is -2.25. The third kappa shape index (κ3) is 3.25. The van der Waals surface area contributed by atoms with Gasteiger partial charge in [-0.1, -0.05) is 49.2 Å². The predicted molar refractivity (Wildman–Crippen MR) is 106 cm³/mol. The Hall–Kier alpha value is -2.60. The molecule has 2 aliphatic heterocycles. The fourth-order valence-corrected chi connectivity index (χ4v) is 5.52. The Labute approximate surface area is 159 Å². The lowest BCUT2D eigenvalue weighted by molar-refractivity contribution is -0.112. The minimum atomic E-state index is -3.85. The monoisotopic (exact) mass is 382 g/mol. The fourth-order valence-electron chi connectivity index (χ4n) is 3.80. The largest absolute Gasteiger partial charge is 0.370 e. The molecular weight excluding hydrogens is 360 g/mol. The van der Waals surface area contributed by atoms with Crippen LogP contribution in [0.3, 0.4) is 0 Å². The van der Waals surface area contributed by atoms with Crippen LogP contribution in [-0.2, 0) is 14.6 Å². The molecule has 0 spiro atoms. The lowest BCUT2D eigenvalue weighted by Crippen LogP contribution is -2.27. The Bertz CT molecular complexity index is 989. The maximum Gasteiger partial charge on any atom is 0.269 e. The summed E-state index contributed by atoms with van der Waals surface area (Å²) >= 11 is 0. The highest BCUT2D eigenvalue weighted by Crippen LogP contribution is 2.42. The number of sulfone groups is 1. The third-order valence-electron chi connectivity index (χ3n) is 5.08. The summed E-state index contributed by atoms with van der Waals surface area (Å²) in [5.41, 5.74) is 1.77. The molecule has 2 heterocycles. The first-order valence-corrected chi connectivity index (χ1v) is 10.8. The smallest absolute Gasteiger partial charge is 0.269 e. The van der Waals surface area contributed by atoms with Gasteiger partial charge in [-0.3, -0.25) is 4.79 Å². The second kappa shape index (κ2) is 7.19. The standard InChI is InChI=1S/C21H22N2O3S/c24-21(22-16-10-4-3-5-11-16)20-19(23-14-8-1-2-9-15-23)17-12-6-7-13-18(17)27(20,25)26/h3-7,10-13H,1-2,8-9,14-15H2,(H,22,24). The first kappa shape index (κ1) is 17.8. The van der Waals surface area contributed by atoms with Gasteiger partial charge in [0.1, 0.15) is 0 Å². The average Bonchev–Trinajstić information content (AvgIpc) is 2.84. The van der Waals surface area contributed by atoms with Crippen LogP contribution in [0.1, 0.15) is 31.2 Å². The summed E-state index contributed by atoms with van der Waals surface area (Å²) in [7, 11) is -3.85. The number of para-hydroxylation sites is 1. The molecule has 0 bridgehead atoms. The molecule has 27 heavy (non-hydrogen) atoms. The number of rotatable bonds is 3. The molecule has 0 aliphatic carbocycles. The van der Waals surface area contributed by atoms with Gasteiger partial charge in [-0.05, 0) is 31.0 Å². The summed E-state index contributed by atoms with van der Waals surface area (Å²) in [5.74, 6) is -0.573. The van der Waals surface area contributed by atoms with Gasteiger partial charge in [0.05, 0.1) is 10.6 Å².